The molecule has 124 valence electrons. The SMILES string of the molecule is COc1ccc(-n2nc(CC(C)C)c3nc(C(=O)O)ccc32)cn1. The van der Waals surface area contributed by atoms with E-state index in [2.05, 4.69) is 28.9 Å². The van der Waals surface area contributed by atoms with Crippen molar-refractivity contribution in [3.63, 3.8) is 0 Å². The summed E-state index contributed by atoms with van der Waals surface area (Å²) in [7, 11) is 1.56. The first kappa shape index (κ1) is 15.9. The number of ether oxygens (including phenoxy) is 1. The van der Waals surface area contributed by atoms with Gasteiger partial charge in [0.1, 0.15) is 11.2 Å². The van der Waals surface area contributed by atoms with E-state index in [0.717, 1.165) is 16.9 Å². The second-order valence-corrected chi connectivity index (χ2v) is 5.88. The number of hydrogen-bond donors (Lipinski definition) is 1. The summed E-state index contributed by atoms with van der Waals surface area (Å²) in [5.74, 6) is -0.156. The third-order valence-electron chi connectivity index (χ3n) is 3.59. The van der Waals surface area contributed by atoms with Gasteiger partial charge in [-0.15, -0.1) is 0 Å². The molecule has 7 nitrogen and oxygen atoms in total. The van der Waals surface area contributed by atoms with Crippen molar-refractivity contribution in [3.8, 4) is 11.6 Å². The first-order valence-electron chi connectivity index (χ1n) is 7.62. The van der Waals surface area contributed by atoms with Crippen LogP contribution in [0, 0.1) is 5.92 Å². The molecule has 0 aromatic carbocycles. The van der Waals surface area contributed by atoms with Crippen LogP contribution in [-0.2, 0) is 6.42 Å². The van der Waals surface area contributed by atoms with Gasteiger partial charge >= 0.3 is 5.97 Å². The lowest BCUT2D eigenvalue weighted by molar-refractivity contribution is 0.0691. The molecule has 7 heteroatoms. The van der Waals surface area contributed by atoms with E-state index in [0.29, 0.717) is 23.7 Å². The Hall–Kier alpha value is -2.96. The monoisotopic (exact) mass is 326 g/mol. The van der Waals surface area contributed by atoms with Gasteiger partial charge in [-0.05, 0) is 30.5 Å². The summed E-state index contributed by atoms with van der Waals surface area (Å²) in [5, 5.41) is 13.8. The van der Waals surface area contributed by atoms with Gasteiger partial charge in [0.05, 0.1) is 30.2 Å². The molecule has 0 aliphatic carbocycles. The minimum Gasteiger partial charge on any atom is -0.481 e. The van der Waals surface area contributed by atoms with E-state index >= 15 is 0 Å². The van der Waals surface area contributed by atoms with Crippen LogP contribution in [0.15, 0.2) is 30.5 Å². The number of aromatic nitrogens is 4. The van der Waals surface area contributed by atoms with E-state index in [1.54, 1.807) is 30.1 Å². The zero-order valence-corrected chi connectivity index (χ0v) is 13.7. The first-order valence-corrected chi connectivity index (χ1v) is 7.62. The highest BCUT2D eigenvalue weighted by Gasteiger charge is 2.17. The Balaban J connectivity index is 2.18. The molecule has 0 fully saturated rings. The predicted octanol–water partition coefficient (Wildman–Crippen LogP) is 2.72. The van der Waals surface area contributed by atoms with Crippen molar-refractivity contribution in [2.75, 3.05) is 7.11 Å². The van der Waals surface area contributed by atoms with Gasteiger partial charge in [-0.25, -0.2) is 19.4 Å². The Kier molecular flexibility index (Phi) is 4.16. The maximum Gasteiger partial charge on any atom is 0.354 e. The smallest absolute Gasteiger partial charge is 0.354 e. The van der Waals surface area contributed by atoms with Gasteiger partial charge < -0.3 is 9.84 Å². The fourth-order valence-corrected chi connectivity index (χ4v) is 2.52. The molecule has 0 bridgehead atoms. The molecule has 0 spiro atoms. The maximum absolute atomic E-state index is 11.2. The molecular weight excluding hydrogens is 308 g/mol. The molecule has 3 rings (SSSR count). The van der Waals surface area contributed by atoms with Crippen LogP contribution in [0.25, 0.3) is 16.7 Å². The van der Waals surface area contributed by atoms with Crippen LogP contribution in [0.5, 0.6) is 5.88 Å². The lowest BCUT2D eigenvalue weighted by Crippen LogP contribution is -2.01. The Morgan fingerprint density at radius 2 is 2.08 bits per heavy atom. The minimum atomic E-state index is -1.05. The molecule has 24 heavy (non-hydrogen) atoms. The number of pyridine rings is 2. The van der Waals surface area contributed by atoms with Crippen molar-refractivity contribution < 1.29 is 14.6 Å². The molecular formula is C17H18N4O3. The summed E-state index contributed by atoms with van der Waals surface area (Å²) in [4.78, 5) is 19.7. The number of rotatable bonds is 5. The average Bonchev–Trinajstić information content (AvgIpc) is 2.92. The van der Waals surface area contributed by atoms with Gasteiger partial charge in [0.2, 0.25) is 5.88 Å². The van der Waals surface area contributed by atoms with E-state index in [9.17, 15) is 9.90 Å². The van der Waals surface area contributed by atoms with Crippen molar-refractivity contribution >= 4 is 17.0 Å². The molecule has 3 aromatic heterocycles. The van der Waals surface area contributed by atoms with E-state index in [4.69, 9.17) is 4.74 Å². The molecule has 0 atom stereocenters. The first-order chi connectivity index (χ1) is 11.5. The molecule has 0 unspecified atom stereocenters. The van der Waals surface area contributed by atoms with Crippen LogP contribution in [-0.4, -0.2) is 37.9 Å². The molecule has 0 aliphatic rings. The Labute approximate surface area is 138 Å². The lowest BCUT2D eigenvalue weighted by Gasteiger charge is -2.04. The number of carbonyl (C=O) groups is 1. The summed E-state index contributed by atoms with van der Waals surface area (Å²) < 4.78 is 6.81. The van der Waals surface area contributed by atoms with Crippen molar-refractivity contribution in [1.82, 2.24) is 19.7 Å². The zero-order valence-electron chi connectivity index (χ0n) is 13.7. The summed E-state index contributed by atoms with van der Waals surface area (Å²) in [6.45, 7) is 4.17. The highest BCUT2D eigenvalue weighted by Crippen LogP contribution is 2.23. The van der Waals surface area contributed by atoms with Crippen LogP contribution < -0.4 is 4.74 Å². The number of carboxylic acid groups (broad SMARTS) is 1. The summed E-state index contributed by atoms with van der Waals surface area (Å²) in [6, 6.07) is 6.82. The Morgan fingerprint density at radius 3 is 2.67 bits per heavy atom. The van der Waals surface area contributed by atoms with Gasteiger partial charge in [0.15, 0.2) is 0 Å². The van der Waals surface area contributed by atoms with Crippen LogP contribution in [0.4, 0.5) is 0 Å². The molecule has 0 saturated heterocycles. The van der Waals surface area contributed by atoms with Crippen LogP contribution in [0.2, 0.25) is 0 Å². The topological polar surface area (TPSA) is 90.1 Å². The number of methoxy groups -OCH3 is 1. The molecule has 0 aliphatic heterocycles. The van der Waals surface area contributed by atoms with Crippen LogP contribution in [0.1, 0.15) is 30.0 Å². The maximum atomic E-state index is 11.2. The van der Waals surface area contributed by atoms with Crippen molar-refractivity contribution in [2.45, 2.75) is 20.3 Å². The van der Waals surface area contributed by atoms with E-state index in [1.165, 1.54) is 6.07 Å². The van der Waals surface area contributed by atoms with Crippen molar-refractivity contribution in [2.24, 2.45) is 5.92 Å². The third kappa shape index (κ3) is 2.92. The normalized spacial score (nSPS) is 11.2. The minimum absolute atomic E-state index is 0.0138. The molecule has 3 aromatic rings. The van der Waals surface area contributed by atoms with Crippen molar-refractivity contribution in [3.05, 3.63) is 41.9 Å². The number of nitrogens with zero attached hydrogens (tertiary/aromatic N) is 4. The third-order valence-corrected chi connectivity index (χ3v) is 3.59. The summed E-state index contributed by atoms with van der Waals surface area (Å²) in [5.41, 5.74) is 2.92. The molecule has 3 heterocycles. The average molecular weight is 326 g/mol. The van der Waals surface area contributed by atoms with Crippen molar-refractivity contribution in [1.29, 1.82) is 0 Å². The zero-order chi connectivity index (χ0) is 17.3. The summed E-state index contributed by atoms with van der Waals surface area (Å²) >= 11 is 0. The number of carboxylic acids is 1. The Bertz CT molecular complexity index is 885. The molecule has 0 saturated carbocycles. The van der Waals surface area contributed by atoms with Gasteiger partial charge in [0.25, 0.3) is 0 Å². The van der Waals surface area contributed by atoms with E-state index in [-0.39, 0.29) is 5.69 Å². The fourth-order valence-electron chi connectivity index (χ4n) is 2.52. The van der Waals surface area contributed by atoms with Gasteiger partial charge in [-0.1, -0.05) is 13.8 Å². The largest absolute Gasteiger partial charge is 0.481 e. The number of aromatic carboxylic acids is 1. The standard InChI is InChI=1S/C17H18N4O3/c1-10(2)8-13-16-14(6-5-12(19-16)17(22)23)21(20-13)11-4-7-15(24-3)18-9-11/h4-7,9-10H,8H2,1-3H3,(H,22,23). The summed E-state index contributed by atoms with van der Waals surface area (Å²) in [6.07, 6.45) is 2.37. The quantitative estimate of drug-likeness (QED) is 0.775. The Morgan fingerprint density at radius 1 is 1.29 bits per heavy atom. The molecule has 0 amide bonds. The second-order valence-electron chi connectivity index (χ2n) is 5.88. The number of hydrogen-bond acceptors (Lipinski definition) is 5. The van der Waals surface area contributed by atoms with E-state index < -0.39 is 5.97 Å². The lowest BCUT2D eigenvalue weighted by atomic mass is 10.1. The van der Waals surface area contributed by atoms with Crippen LogP contribution in [0.3, 0.4) is 0 Å². The fraction of sp³-hybridized carbons (Fsp3) is 0.294. The molecule has 1 N–H and O–H groups in total. The highest BCUT2D eigenvalue weighted by molar-refractivity contribution is 5.90. The second kappa shape index (κ2) is 6.27. The van der Waals surface area contributed by atoms with Gasteiger partial charge in [-0.2, -0.15) is 5.10 Å². The van der Waals surface area contributed by atoms with Crippen LogP contribution >= 0.6 is 0 Å². The van der Waals surface area contributed by atoms with Gasteiger partial charge in [-0.3, -0.25) is 0 Å². The van der Waals surface area contributed by atoms with E-state index in [1.807, 2.05) is 6.07 Å². The predicted molar refractivity (Wildman–Crippen MR) is 88.7 cm³/mol. The highest BCUT2D eigenvalue weighted by atomic mass is 16.5. The molecule has 0 radical (unpaired) electrons. The van der Waals surface area contributed by atoms with Gasteiger partial charge in [0, 0.05) is 6.07 Å². The number of fused-ring (bicyclic) bond motifs is 1.